The fourth-order valence-corrected chi connectivity index (χ4v) is 3.33. The molecule has 24 heavy (non-hydrogen) atoms. The lowest BCUT2D eigenvalue weighted by Gasteiger charge is -2.26. The Morgan fingerprint density at radius 1 is 1.29 bits per heavy atom. The van der Waals surface area contributed by atoms with Crippen molar-refractivity contribution in [3.63, 3.8) is 0 Å². The second-order valence-electron chi connectivity index (χ2n) is 6.42. The molecule has 0 aliphatic carbocycles. The normalized spacial score (nSPS) is 14.1. The number of hydrogen-bond donors (Lipinski definition) is 1. The lowest BCUT2D eigenvalue weighted by Crippen LogP contribution is -2.36. The van der Waals surface area contributed by atoms with E-state index in [1.54, 1.807) is 14.2 Å². The van der Waals surface area contributed by atoms with Crippen molar-refractivity contribution in [3.8, 4) is 11.5 Å². The fraction of sp³-hybridized carbons (Fsp3) is 0.556. The van der Waals surface area contributed by atoms with Crippen molar-refractivity contribution in [1.29, 1.82) is 0 Å². The summed E-state index contributed by atoms with van der Waals surface area (Å²) in [7, 11) is 2.01. The van der Waals surface area contributed by atoms with Gasteiger partial charge in [-0.1, -0.05) is 6.08 Å². The summed E-state index contributed by atoms with van der Waals surface area (Å²) in [5.74, 6) is 1.80. The molecule has 0 spiro atoms. The molecule has 1 aromatic carbocycles. The van der Waals surface area contributed by atoms with Gasteiger partial charge in [-0.05, 0) is 56.9 Å². The molecule has 0 saturated heterocycles. The van der Waals surface area contributed by atoms with Crippen LogP contribution in [-0.2, 0) is 17.4 Å². The predicted octanol–water partition coefficient (Wildman–Crippen LogP) is 4.15. The maximum atomic E-state index is 12.6. The predicted molar refractivity (Wildman–Crippen MR) is 103 cm³/mol. The van der Waals surface area contributed by atoms with Gasteiger partial charge in [0.25, 0.3) is 0 Å². The lowest BCUT2D eigenvalue weighted by atomic mass is 9.96. The molecule has 0 heterocycles. The summed E-state index contributed by atoms with van der Waals surface area (Å²) in [5.41, 5.74) is 2.05. The molecule has 0 bridgehead atoms. The van der Waals surface area contributed by atoms with Gasteiger partial charge in [0.05, 0.1) is 30.0 Å². The number of rotatable bonds is 9. The Kier molecular flexibility index (Phi) is 8.27. The van der Waals surface area contributed by atoms with E-state index in [9.17, 15) is 4.21 Å². The van der Waals surface area contributed by atoms with E-state index in [-0.39, 0.29) is 10.8 Å². The van der Waals surface area contributed by atoms with Crippen molar-refractivity contribution in [3.05, 3.63) is 35.9 Å². The summed E-state index contributed by atoms with van der Waals surface area (Å²) >= 11 is 5.96. The van der Waals surface area contributed by atoms with Crippen LogP contribution in [0.1, 0.15) is 44.4 Å². The number of aryl methyl sites for hydroxylation is 1. The van der Waals surface area contributed by atoms with E-state index in [0.29, 0.717) is 30.2 Å². The molecule has 0 unspecified atom stereocenters. The van der Waals surface area contributed by atoms with Crippen LogP contribution in [0.4, 0.5) is 0 Å². The van der Waals surface area contributed by atoms with Crippen LogP contribution in [0.15, 0.2) is 24.8 Å². The third-order valence-corrected chi connectivity index (χ3v) is 5.39. The zero-order chi connectivity index (χ0) is 18.3. The van der Waals surface area contributed by atoms with E-state index in [4.69, 9.17) is 21.1 Å². The molecule has 4 nitrogen and oxygen atoms in total. The third kappa shape index (κ3) is 5.50. The van der Waals surface area contributed by atoms with Crippen LogP contribution < -0.4 is 14.2 Å². The molecule has 0 aromatic heterocycles. The number of nitrogens with one attached hydrogen (secondary N) is 1. The van der Waals surface area contributed by atoms with Crippen molar-refractivity contribution in [1.82, 2.24) is 4.72 Å². The average molecular weight is 374 g/mol. The molecule has 6 heteroatoms. The fourth-order valence-electron chi connectivity index (χ4n) is 2.29. The molecule has 1 rings (SSSR count). The molecule has 0 fully saturated rings. The Labute approximate surface area is 153 Å². The van der Waals surface area contributed by atoms with Crippen molar-refractivity contribution in [2.45, 2.75) is 44.4 Å². The maximum absolute atomic E-state index is 12.6. The Balaban J connectivity index is 3.34. The number of methoxy groups -OCH3 is 2. The molecule has 1 aromatic rings. The number of benzene rings is 1. The molecule has 0 aliphatic heterocycles. The monoisotopic (exact) mass is 373 g/mol. The molecular formula is C18H28ClNO3S. The number of halogens is 1. The van der Waals surface area contributed by atoms with Gasteiger partial charge in [0, 0.05) is 11.9 Å². The zero-order valence-corrected chi connectivity index (χ0v) is 16.7. The third-order valence-electron chi connectivity index (χ3n) is 3.59. The second-order valence-corrected chi connectivity index (χ2v) is 8.80. The summed E-state index contributed by atoms with van der Waals surface area (Å²) in [4.78, 5) is 0. The highest BCUT2D eigenvalue weighted by Gasteiger charge is 2.25. The highest BCUT2D eigenvalue weighted by Crippen LogP contribution is 2.35. The number of alkyl halides is 1. The smallest absolute Gasteiger partial charge is 0.161 e. The van der Waals surface area contributed by atoms with Gasteiger partial charge in [-0.3, -0.25) is 0 Å². The molecule has 0 aliphatic rings. The minimum atomic E-state index is -1.20. The Bertz CT molecular complexity index is 584. The van der Waals surface area contributed by atoms with Gasteiger partial charge < -0.3 is 9.47 Å². The van der Waals surface area contributed by atoms with Crippen molar-refractivity contribution < 1.29 is 13.7 Å². The second kappa shape index (κ2) is 9.44. The van der Waals surface area contributed by atoms with Gasteiger partial charge in [-0.2, -0.15) is 0 Å². The first-order valence-electron chi connectivity index (χ1n) is 7.88. The van der Waals surface area contributed by atoms with Crippen molar-refractivity contribution in [2.75, 3.05) is 20.1 Å². The van der Waals surface area contributed by atoms with Gasteiger partial charge in [0.15, 0.2) is 11.5 Å². The minimum absolute atomic E-state index is 0.138. The van der Waals surface area contributed by atoms with Crippen LogP contribution >= 0.6 is 11.6 Å². The first-order chi connectivity index (χ1) is 11.3. The molecule has 136 valence electrons. The summed E-state index contributed by atoms with van der Waals surface area (Å²) in [6, 6.07) is 3.73. The van der Waals surface area contributed by atoms with Crippen LogP contribution in [0.25, 0.3) is 0 Å². The highest BCUT2D eigenvalue weighted by atomic mass is 35.5. The summed E-state index contributed by atoms with van der Waals surface area (Å²) < 4.78 is 26.2. The summed E-state index contributed by atoms with van der Waals surface area (Å²) in [6.07, 6.45) is 3.15. The quantitative estimate of drug-likeness (QED) is 0.522. The molecule has 0 radical (unpaired) electrons. The molecular weight excluding hydrogens is 346 g/mol. The first-order valence-corrected chi connectivity index (χ1v) is 9.56. The van der Waals surface area contributed by atoms with Crippen LogP contribution in [0.3, 0.4) is 0 Å². The van der Waals surface area contributed by atoms with Gasteiger partial charge in [-0.15, -0.1) is 18.2 Å². The topological polar surface area (TPSA) is 47.6 Å². The largest absolute Gasteiger partial charge is 0.493 e. The number of ether oxygens (including phenoxy) is 2. The van der Waals surface area contributed by atoms with Crippen LogP contribution in [0.2, 0.25) is 0 Å². The van der Waals surface area contributed by atoms with Crippen LogP contribution in [0.5, 0.6) is 11.5 Å². The van der Waals surface area contributed by atoms with Gasteiger partial charge in [0.2, 0.25) is 0 Å². The molecule has 2 atom stereocenters. The van der Waals surface area contributed by atoms with E-state index < -0.39 is 11.0 Å². The van der Waals surface area contributed by atoms with E-state index in [0.717, 1.165) is 11.1 Å². The Hall–Kier alpha value is -1.04. The molecule has 0 amide bonds. The summed E-state index contributed by atoms with van der Waals surface area (Å²) in [5, 5.41) is 0. The summed E-state index contributed by atoms with van der Waals surface area (Å²) in [6.45, 7) is 9.65. The van der Waals surface area contributed by atoms with E-state index in [1.807, 2.05) is 39.0 Å². The average Bonchev–Trinajstić information content (AvgIpc) is 2.53. The standard InChI is InChI=1S/C18H28ClNO3S/c1-7-8-15(20-24(21)18(2,3)4)14-12-17(23-6)16(22-5)11-13(14)9-10-19/h7,11-12,15,20H,1,8-10H2,2-6H3/t15-,24-/m1/s1. The zero-order valence-electron chi connectivity index (χ0n) is 15.1. The van der Waals surface area contributed by atoms with Gasteiger partial charge >= 0.3 is 0 Å². The van der Waals surface area contributed by atoms with Crippen LogP contribution in [0, 0.1) is 0 Å². The molecule has 1 N–H and O–H groups in total. The maximum Gasteiger partial charge on any atom is 0.161 e. The van der Waals surface area contributed by atoms with E-state index in [1.165, 1.54) is 0 Å². The van der Waals surface area contributed by atoms with E-state index >= 15 is 0 Å². The lowest BCUT2D eigenvalue weighted by molar-refractivity contribution is 0.353. The Morgan fingerprint density at radius 2 is 1.88 bits per heavy atom. The molecule has 0 saturated carbocycles. The van der Waals surface area contributed by atoms with Gasteiger partial charge in [0.1, 0.15) is 0 Å². The number of hydrogen-bond acceptors (Lipinski definition) is 3. The Morgan fingerprint density at radius 3 is 2.33 bits per heavy atom. The van der Waals surface area contributed by atoms with Crippen LogP contribution in [-0.4, -0.2) is 29.1 Å². The van der Waals surface area contributed by atoms with Crippen molar-refractivity contribution >= 4 is 22.6 Å². The minimum Gasteiger partial charge on any atom is -0.493 e. The highest BCUT2D eigenvalue weighted by molar-refractivity contribution is 7.84. The van der Waals surface area contributed by atoms with Crippen molar-refractivity contribution in [2.24, 2.45) is 0 Å². The SMILES string of the molecule is C=CC[C@@H](N[S@](=O)C(C)(C)C)c1cc(OC)c(OC)cc1CCCl. The van der Waals surface area contributed by atoms with Gasteiger partial charge in [-0.25, -0.2) is 8.93 Å². The van der Waals surface area contributed by atoms with E-state index in [2.05, 4.69) is 11.3 Å². The first kappa shape index (κ1) is 21.0.